The summed E-state index contributed by atoms with van der Waals surface area (Å²) in [6, 6.07) is 0. The lowest BCUT2D eigenvalue weighted by atomic mass is 9.88. The number of allylic oxidation sites excluding steroid dienone is 3. The molecule has 1 saturated carbocycles. The fourth-order valence-corrected chi connectivity index (χ4v) is 3.18. The van der Waals surface area contributed by atoms with Gasteiger partial charge in [0.05, 0.1) is 0 Å². The van der Waals surface area contributed by atoms with Crippen LogP contribution in [0, 0.1) is 17.8 Å². The van der Waals surface area contributed by atoms with E-state index in [0.717, 1.165) is 24.2 Å². The summed E-state index contributed by atoms with van der Waals surface area (Å²) in [5.74, 6) is 2.92. The first-order chi connectivity index (χ1) is 7.29. The Morgan fingerprint density at radius 1 is 1.27 bits per heavy atom. The van der Waals surface area contributed by atoms with Crippen molar-refractivity contribution in [3.8, 4) is 0 Å². The second-order valence-electron chi connectivity index (χ2n) is 5.39. The van der Waals surface area contributed by atoms with Crippen LogP contribution in [0.5, 0.6) is 0 Å². The minimum absolute atomic E-state index is 0.948. The largest absolute Gasteiger partial charge is 0.0999 e. The van der Waals surface area contributed by atoms with Crippen molar-refractivity contribution in [3.05, 3.63) is 24.3 Å². The van der Waals surface area contributed by atoms with Crippen molar-refractivity contribution in [2.45, 2.75) is 51.9 Å². The molecule has 3 atom stereocenters. The average Bonchev–Trinajstić information content (AvgIpc) is 2.85. The van der Waals surface area contributed by atoms with Gasteiger partial charge >= 0.3 is 0 Å². The lowest BCUT2D eigenvalue weighted by Gasteiger charge is -2.17. The minimum Gasteiger partial charge on any atom is -0.0999 e. The molecule has 0 aromatic heterocycles. The van der Waals surface area contributed by atoms with Gasteiger partial charge in [-0.15, -0.1) is 0 Å². The van der Waals surface area contributed by atoms with Crippen LogP contribution in [0.15, 0.2) is 24.3 Å². The Kier molecular flexibility index (Phi) is 3.66. The summed E-state index contributed by atoms with van der Waals surface area (Å²) in [5, 5.41) is 0. The van der Waals surface area contributed by atoms with Crippen LogP contribution in [-0.4, -0.2) is 0 Å². The minimum atomic E-state index is 0.948. The van der Waals surface area contributed by atoms with Gasteiger partial charge in [-0.05, 0) is 56.3 Å². The monoisotopic (exact) mass is 204 g/mol. The fourth-order valence-electron chi connectivity index (χ4n) is 3.18. The number of fused-ring (bicyclic) bond motifs is 2. The van der Waals surface area contributed by atoms with Gasteiger partial charge in [0.2, 0.25) is 0 Å². The Bertz CT molecular complexity index is 249. The highest BCUT2D eigenvalue weighted by Gasteiger charge is 2.34. The molecule has 0 saturated heterocycles. The molecule has 0 heteroatoms. The first-order valence-corrected chi connectivity index (χ1v) is 6.64. The standard InChI is InChI=1S/C15H24/c1-3-12(2)6-4-5-7-14-10-13-8-9-15(14)11-13/h8-9,13-15H,2-7,10-11H2,1H3. The molecule has 2 rings (SSSR count). The Morgan fingerprint density at radius 2 is 2.13 bits per heavy atom. The molecule has 1 fully saturated rings. The first-order valence-electron chi connectivity index (χ1n) is 6.64. The van der Waals surface area contributed by atoms with Crippen LogP contribution in [0.2, 0.25) is 0 Å². The third kappa shape index (κ3) is 2.74. The van der Waals surface area contributed by atoms with Gasteiger partial charge in [0, 0.05) is 0 Å². The van der Waals surface area contributed by atoms with E-state index in [4.69, 9.17) is 0 Å². The highest BCUT2D eigenvalue weighted by Crippen LogP contribution is 2.45. The smallest absolute Gasteiger partial charge is 0.0199 e. The summed E-state index contributed by atoms with van der Waals surface area (Å²) < 4.78 is 0. The van der Waals surface area contributed by atoms with Crippen LogP contribution in [0.25, 0.3) is 0 Å². The molecule has 2 aliphatic rings. The number of unbranched alkanes of at least 4 members (excludes halogenated alkanes) is 1. The maximum absolute atomic E-state index is 4.07. The molecule has 0 spiro atoms. The van der Waals surface area contributed by atoms with Gasteiger partial charge < -0.3 is 0 Å². The Balaban J connectivity index is 1.59. The van der Waals surface area contributed by atoms with Crippen molar-refractivity contribution in [2.75, 3.05) is 0 Å². The lowest BCUT2D eigenvalue weighted by molar-refractivity contribution is 0.398. The molecule has 15 heavy (non-hydrogen) atoms. The van der Waals surface area contributed by atoms with E-state index in [2.05, 4.69) is 25.7 Å². The van der Waals surface area contributed by atoms with E-state index in [1.807, 2.05) is 0 Å². The van der Waals surface area contributed by atoms with Gasteiger partial charge in [-0.3, -0.25) is 0 Å². The Morgan fingerprint density at radius 3 is 2.73 bits per heavy atom. The molecule has 0 radical (unpaired) electrons. The van der Waals surface area contributed by atoms with Crippen LogP contribution in [0.3, 0.4) is 0 Å². The normalized spacial score (nSPS) is 32.5. The quantitative estimate of drug-likeness (QED) is 0.433. The molecule has 0 nitrogen and oxygen atoms in total. The highest BCUT2D eigenvalue weighted by atomic mass is 14.4. The molecule has 0 aromatic rings. The summed E-state index contributed by atoms with van der Waals surface area (Å²) in [5.41, 5.74) is 1.43. The van der Waals surface area contributed by atoms with Crippen molar-refractivity contribution < 1.29 is 0 Å². The SMILES string of the molecule is C=C(CC)CCCCC1CC2C=CC1C2. The van der Waals surface area contributed by atoms with Crippen LogP contribution < -0.4 is 0 Å². The van der Waals surface area contributed by atoms with Crippen LogP contribution in [0.4, 0.5) is 0 Å². The molecular formula is C15H24. The maximum Gasteiger partial charge on any atom is -0.0199 e. The van der Waals surface area contributed by atoms with Gasteiger partial charge in [-0.25, -0.2) is 0 Å². The van der Waals surface area contributed by atoms with Crippen molar-refractivity contribution >= 4 is 0 Å². The summed E-state index contributed by atoms with van der Waals surface area (Å²) in [7, 11) is 0. The van der Waals surface area contributed by atoms with Gasteiger partial charge in [0.25, 0.3) is 0 Å². The fraction of sp³-hybridized carbons (Fsp3) is 0.733. The van der Waals surface area contributed by atoms with Crippen molar-refractivity contribution in [1.29, 1.82) is 0 Å². The highest BCUT2D eigenvalue weighted by molar-refractivity contribution is 5.09. The van der Waals surface area contributed by atoms with E-state index < -0.39 is 0 Å². The van der Waals surface area contributed by atoms with Crippen LogP contribution in [-0.2, 0) is 0 Å². The molecule has 0 aromatic carbocycles. The lowest BCUT2D eigenvalue weighted by Crippen LogP contribution is -2.06. The van der Waals surface area contributed by atoms with Gasteiger partial charge in [-0.2, -0.15) is 0 Å². The third-order valence-electron chi connectivity index (χ3n) is 4.27. The van der Waals surface area contributed by atoms with E-state index in [1.54, 1.807) is 0 Å². The molecule has 0 aliphatic heterocycles. The molecule has 2 aliphatic carbocycles. The van der Waals surface area contributed by atoms with Gasteiger partial charge in [0.15, 0.2) is 0 Å². The third-order valence-corrected chi connectivity index (χ3v) is 4.27. The predicted octanol–water partition coefficient (Wildman–Crippen LogP) is 4.73. The summed E-state index contributed by atoms with van der Waals surface area (Å²) >= 11 is 0. The van der Waals surface area contributed by atoms with Crippen molar-refractivity contribution in [1.82, 2.24) is 0 Å². The topological polar surface area (TPSA) is 0 Å². The molecule has 84 valence electrons. The molecule has 2 bridgehead atoms. The zero-order valence-corrected chi connectivity index (χ0v) is 10.0. The zero-order valence-electron chi connectivity index (χ0n) is 10.0. The van der Waals surface area contributed by atoms with E-state index in [1.165, 1.54) is 44.1 Å². The average molecular weight is 204 g/mol. The van der Waals surface area contributed by atoms with Gasteiger partial charge in [0.1, 0.15) is 0 Å². The number of rotatable bonds is 6. The molecule has 0 amide bonds. The molecule has 0 N–H and O–H groups in total. The predicted molar refractivity (Wildman–Crippen MR) is 66.7 cm³/mol. The zero-order chi connectivity index (χ0) is 10.7. The number of hydrogen-bond acceptors (Lipinski definition) is 0. The van der Waals surface area contributed by atoms with E-state index in [-0.39, 0.29) is 0 Å². The molecular weight excluding hydrogens is 180 g/mol. The van der Waals surface area contributed by atoms with Crippen LogP contribution in [0.1, 0.15) is 51.9 Å². The van der Waals surface area contributed by atoms with E-state index in [9.17, 15) is 0 Å². The first kappa shape index (κ1) is 11.0. The summed E-state index contributed by atoms with van der Waals surface area (Å²) in [6.07, 6.45) is 14.5. The second-order valence-corrected chi connectivity index (χ2v) is 5.39. The van der Waals surface area contributed by atoms with Crippen molar-refractivity contribution in [2.24, 2.45) is 17.8 Å². The van der Waals surface area contributed by atoms with E-state index in [0.29, 0.717) is 0 Å². The summed E-state index contributed by atoms with van der Waals surface area (Å²) in [6.45, 7) is 6.28. The number of hydrogen-bond donors (Lipinski definition) is 0. The Labute approximate surface area is 94.5 Å². The summed E-state index contributed by atoms with van der Waals surface area (Å²) in [4.78, 5) is 0. The van der Waals surface area contributed by atoms with Crippen LogP contribution >= 0.6 is 0 Å². The van der Waals surface area contributed by atoms with Crippen molar-refractivity contribution in [3.63, 3.8) is 0 Å². The van der Waals surface area contributed by atoms with Gasteiger partial charge in [-0.1, -0.05) is 37.6 Å². The maximum atomic E-state index is 4.07. The molecule has 3 unspecified atom stereocenters. The Hall–Kier alpha value is -0.520. The second kappa shape index (κ2) is 5.01. The van der Waals surface area contributed by atoms with E-state index >= 15 is 0 Å². The molecule has 0 heterocycles.